The number of halogens is 1. The van der Waals surface area contributed by atoms with E-state index < -0.39 is 5.97 Å². The van der Waals surface area contributed by atoms with Crippen molar-refractivity contribution in [2.45, 2.75) is 13.3 Å². The molecule has 14 heavy (non-hydrogen) atoms. The number of hydrogen-bond donors (Lipinski definition) is 1. The van der Waals surface area contributed by atoms with Crippen LogP contribution in [0.2, 0.25) is 0 Å². The number of aromatic carboxylic acids is 1. The molecule has 0 amide bonds. The van der Waals surface area contributed by atoms with E-state index in [1.165, 1.54) is 13.0 Å². The van der Waals surface area contributed by atoms with Crippen LogP contribution in [-0.2, 0) is 11.2 Å². The Bertz CT molecular complexity index is 385. The highest BCUT2D eigenvalue weighted by Crippen LogP contribution is 2.19. The zero-order valence-corrected chi connectivity index (χ0v) is 9.17. The summed E-state index contributed by atoms with van der Waals surface area (Å²) in [5.74, 6) is -0.925. The van der Waals surface area contributed by atoms with Crippen LogP contribution in [-0.4, -0.2) is 16.9 Å². The number of carbonyl (C=O) groups is 2. The van der Waals surface area contributed by atoms with Crippen molar-refractivity contribution in [1.82, 2.24) is 0 Å². The van der Waals surface area contributed by atoms with Crippen LogP contribution in [0.4, 0.5) is 0 Å². The summed E-state index contributed by atoms with van der Waals surface area (Å²) in [6.07, 6.45) is 0.332. The molecule has 0 aromatic heterocycles. The van der Waals surface area contributed by atoms with Gasteiger partial charge in [-0.1, -0.05) is 6.07 Å². The molecule has 0 aliphatic rings. The Hall–Kier alpha value is -1.16. The third-order valence-corrected chi connectivity index (χ3v) is 2.37. The minimum atomic E-state index is -0.980. The van der Waals surface area contributed by atoms with E-state index in [1.807, 2.05) is 0 Å². The molecule has 0 aliphatic carbocycles. The second kappa shape index (κ2) is 4.37. The summed E-state index contributed by atoms with van der Waals surface area (Å²) >= 11 is 3.15. The standard InChI is InChI=1S/C10H9BrO3/c1-6(12)4-7-2-3-8(10(13)14)9(11)5-7/h2-3,5H,4H2,1H3,(H,13,14). The van der Waals surface area contributed by atoms with E-state index in [9.17, 15) is 9.59 Å². The lowest BCUT2D eigenvalue weighted by Crippen LogP contribution is -2.00. The molecular weight excluding hydrogens is 248 g/mol. The van der Waals surface area contributed by atoms with Gasteiger partial charge >= 0.3 is 5.97 Å². The van der Waals surface area contributed by atoms with Gasteiger partial charge in [0.1, 0.15) is 5.78 Å². The first kappa shape index (κ1) is 10.9. The quantitative estimate of drug-likeness (QED) is 0.903. The van der Waals surface area contributed by atoms with Crippen LogP contribution >= 0.6 is 15.9 Å². The van der Waals surface area contributed by atoms with E-state index in [4.69, 9.17) is 5.11 Å². The maximum atomic E-state index is 10.8. The highest BCUT2D eigenvalue weighted by atomic mass is 79.9. The summed E-state index contributed by atoms with van der Waals surface area (Å²) in [5.41, 5.74) is 1.02. The van der Waals surface area contributed by atoms with Crippen molar-refractivity contribution in [2.75, 3.05) is 0 Å². The molecule has 3 nitrogen and oxygen atoms in total. The Morgan fingerprint density at radius 3 is 2.50 bits per heavy atom. The van der Waals surface area contributed by atoms with Gasteiger partial charge in [-0.25, -0.2) is 4.79 Å². The topological polar surface area (TPSA) is 54.4 Å². The molecule has 0 atom stereocenters. The number of carbonyl (C=O) groups excluding carboxylic acids is 1. The molecule has 4 heteroatoms. The summed E-state index contributed by atoms with van der Waals surface area (Å²) in [4.78, 5) is 21.5. The van der Waals surface area contributed by atoms with Crippen molar-refractivity contribution in [3.63, 3.8) is 0 Å². The molecule has 0 saturated heterocycles. The van der Waals surface area contributed by atoms with Crippen molar-refractivity contribution >= 4 is 27.7 Å². The first-order valence-electron chi connectivity index (χ1n) is 4.02. The first-order chi connectivity index (χ1) is 6.50. The van der Waals surface area contributed by atoms with Gasteiger partial charge in [-0.15, -0.1) is 0 Å². The zero-order valence-electron chi connectivity index (χ0n) is 7.58. The predicted octanol–water partition coefficient (Wildman–Crippen LogP) is 2.28. The van der Waals surface area contributed by atoms with Crippen molar-refractivity contribution in [2.24, 2.45) is 0 Å². The highest BCUT2D eigenvalue weighted by Gasteiger charge is 2.08. The molecule has 1 rings (SSSR count). The van der Waals surface area contributed by atoms with E-state index in [0.29, 0.717) is 10.9 Å². The van der Waals surface area contributed by atoms with Gasteiger partial charge in [0, 0.05) is 10.9 Å². The molecule has 1 aromatic rings. The van der Waals surface area contributed by atoms with E-state index in [1.54, 1.807) is 12.1 Å². The molecule has 0 bridgehead atoms. The van der Waals surface area contributed by atoms with Crippen molar-refractivity contribution < 1.29 is 14.7 Å². The number of benzene rings is 1. The third-order valence-electron chi connectivity index (χ3n) is 1.72. The number of carboxylic acids is 1. The van der Waals surface area contributed by atoms with Gasteiger partial charge < -0.3 is 5.11 Å². The summed E-state index contributed by atoms with van der Waals surface area (Å²) in [6.45, 7) is 1.50. The lowest BCUT2D eigenvalue weighted by Gasteiger charge is -2.02. The Morgan fingerprint density at radius 2 is 2.07 bits per heavy atom. The fourth-order valence-electron chi connectivity index (χ4n) is 1.13. The predicted molar refractivity (Wildman–Crippen MR) is 55.5 cm³/mol. The maximum absolute atomic E-state index is 10.8. The molecule has 0 radical (unpaired) electrons. The van der Waals surface area contributed by atoms with E-state index in [0.717, 1.165) is 5.56 Å². The smallest absolute Gasteiger partial charge is 0.336 e. The Morgan fingerprint density at radius 1 is 1.43 bits per heavy atom. The average molecular weight is 257 g/mol. The number of carboxylic acid groups (broad SMARTS) is 1. The second-order valence-corrected chi connectivity index (χ2v) is 3.85. The number of Topliss-reactive ketones (excluding diaryl/α,β-unsaturated/α-hetero) is 1. The number of rotatable bonds is 3. The fraction of sp³-hybridized carbons (Fsp3) is 0.200. The van der Waals surface area contributed by atoms with Crippen molar-refractivity contribution in [1.29, 1.82) is 0 Å². The minimum absolute atomic E-state index is 0.0555. The van der Waals surface area contributed by atoms with Crippen LogP contribution in [0.25, 0.3) is 0 Å². The number of ketones is 1. The van der Waals surface area contributed by atoms with Gasteiger partial charge in [-0.05, 0) is 40.5 Å². The third kappa shape index (κ3) is 2.67. The van der Waals surface area contributed by atoms with Gasteiger partial charge in [-0.3, -0.25) is 4.79 Å². The lowest BCUT2D eigenvalue weighted by atomic mass is 10.1. The van der Waals surface area contributed by atoms with Crippen molar-refractivity contribution in [3.05, 3.63) is 33.8 Å². The molecule has 0 spiro atoms. The van der Waals surface area contributed by atoms with Gasteiger partial charge in [0.15, 0.2) is 0 Å². The highest BCUT2D eigenvalue weighted by molar-refractivity contribution is 9.10. The largest absolute Gasteiger partial charge is 0.478 e. The molecule has 1 aromatic carbocycles. The SMILES string of the molecule is CC(=O)Cc1ccc(C(=O)O)c(Br)c1. The Kier molecular flexibility index (Phi) is 3.41. The fourth-order valence-corrected chi connectivity index (χ4v) is 1.73. The molecular formula is C10H9BrO3. The summed E-state index contributed by atoms with van der Waals surface area (Å²) in [5, 5.41) is 8.74. The number of hydrogen-bond acceptors (Lipinski definition) is 2. The lowest BCUT2D eigenvalue weighted by molar-refractivity contribution is -0.116. The zero-order chi connectivity index (χ0) is 10.7. The Balaban J connectivity index is 3.00. The summed E-state index contributed by atoms with van der Waals surface area (Å²) in [6, 6.07) is 4.80. The van der Waals surface area contributed by atoms with Gasteiger partial charge in [0.25, 0.3) is 0 Å². The summed E-state index contributed by atoms with van der Waals surface area (Å²) in [7, 11) is 0. The average Bonchev–Trinajstić information content (AvgIpc) is 2.01. The molecule has 0 aliphatic heterocycles. The maximum Gasteiger partial charge on any atom is 0.336 e. The molecule has 74 valence electrons. The normalized spacial score (nSPS) is 9.86. The van der Waals surface area contributed by atoms with Crippen molar-refractivity contribution in [3.8, 4) is 0 Å². The van der Waals surface area contributed by atoms with Gasteiger partial charge in [-0.2, -0.15) is 0 Å². The second-order valence-electron chi connectivity index (χ2n) is 3.00. The molecule has 0 saturated carbocycles. The van der Waals surface area contributed by atoms with Crippen LogP contribution in [0.3, 0.4) is 0 Å². The summed E-state index contributed by atoms with van der Waals surface area (Å²) < 4.78 is 0.503. The Labute approximate surface area is 89.9 Å². The molecule has 0 heterocycles. The van der Waals surface area contributed by atoms with Crippen LogP contribution in [0.1, 0.15) is 22.8 Å². The van der Waals surface area contributed by atoms with Crippen LogP contribution in [0, 0.1) is 0 Å². The van der Waals surface area contributed by atoms with Gasteiger partial charge in [0.05, 0.1) is 5.56 Å². The minimum Gasteiger partial charge on any atom is -0.478 e. The molecule has 0 fully saturated rings. The van der Waals surface area contributed by atoms with Crippen LogP contribution < -0.4 is 0 Å². The van der Waals surface area contributed by atoms with E-state index in [-0.39, 0.29) is 11.3 Å². The van der Waals surface area contributed by atoms with Gasteiger partial charge in [0.2, 0.25) is 0 Å². The molecule has 0 unspecified atom stereocenters. The van der Waals surface area contributed by atoms with Crippen LogP contribution in [0.5, 0.6) is 0 Å². The monoisotopic (exact) mass is 256 g/mol. The van der Waals surface area contributed by atoms with E-state index in [2.05, 4.69) is 15.9 Å². The van der Waals surface area contributed by atoms with E-state index >= 15 is 0 Å². The molecule has 1 N–H and O–H groups in total. The van der Waals surface area contributed by atoms with Crippen LogP contribution in [0.15, 0.2) is 22.7 Å². The first-order valence-corrected chi connectivity index (χ1v) is 4.81.